The normalized spacial score (nSPS) is 20.4. The SMILES string of the molecule is CC1(C)C(=O)C(=O)c2cc3c(c(O)c21)CC3. The molecule has 82 valence electrons. The number of hydrogen-bond donors (Lipinski definition) is 1. The maximum atomic E-state index is 11.8. The van der Waals surface area contributed by atoms with E-state index in [0.29, 0.717) is 11.1 Å². The fourth-order valence-electron chi connectivity index (χ4n) is 2.68. The van der Waals surface area contributed by atoms with E-state index in [4.69, 9.17) is 0 Å². The average Bonchev–Trinajstić information content (AvgIpc) is 2.33. The van der Waals surface area contributed by atoms with Gasteiger partial charge in [-0.2, -0.15) is 0 Å². The number of benzene rings is 1. The second kappa shape index (κ2) is 2.54. The summed E-state index contributed by atoms with van der Waals surface area (Å²) in [6.45, 7) is 3.40. The second-order valence-electron chi connectivity index (χ2n) is 5.07. The van der Waals surface area contributed by atoms with E-state index in [0.717, 1.165) is 24.0 Å². The van der Waals surface area contributed by atoms with Crippen LogP contribution in [0.5, 0.6) is 5.75 Å². The number of hydrogen-bond acceptors (Lipinski definition) is 3. The number of rotatable bonds is 0. The molecule has 3 rings (SSSR count). The molecule has 0 aromatic heterocycles. The quantitative estimate of drug-likeness (QED) is 0.669. The van der Waals surface area contributed by atoms with Crippen LogP contribution in [0.15, 0.2) is 6.07 Å². The van der Waals surface area contributed by atoms with Crippen LogP contribution in [0.1, 0.15) is 40.9 Å². The molecule has 0 amide bonds. The molecule has 0 spiro atoms. The molecule has 0 saturated heterocycles. The van der Waals surface area contributed by atoms with Crippen molar-refractivity contribution in [2.45, 2.75) is 32.1 Å². The maximum absolute atomic E-state index is 11.8. The fourth-order valence-corrected chi connectivity index (χ4v) is 2.68. The van der Waals surface area contributed by atoms with E-state index in [1.807, 2.05) is 0 Å². The Kier molecular flexibility index (Phi) is 1.52. The molecule has 3 nitrogen and oxygen atoms in total. The molecule has 1 aromatic rings. The van der Waals surface area contributed by atoms with Gasteiger partial charge in [0.1, 0.15) is 5.75 Å². The van der Waals surface area contributed by atoms with Crippen molar-refractivity contribution in [2.75, 3.05) is 0 Å². The monoisotopic (exact) mass is 216 g/mol. The van der Waals surface area contributed by atoms with Gasteiger partial charge in [-0.1, -0.05) is 0 Å². The number of fused-ring (bicyclic) bond motifs is 2. The van der Waals surface area contributed by atoms with Crippen molar-refractivity contribution < 1.29 is 14.7 Å². The Hall–Kier alpha value is -1.64. The minimum absolute atomic E-state index is 0.169. The molecule has 0 aliphatic heterocycles. The molecule has 16 heavy (non-hydrogen) atoms. The highest BCUT2D eigenvalue weighted by atomic mass is 16.3. The van der Waals surface area contributed by atoms with Crippen LogP contribution in [0.2, 0.25) is 0 Å². The molecule has 0 atom stereocenters. The zero-order valence-electron chi connectivity index (χ0n) is 9.26. The van der Waals surface area contributed by atoms with Gasteiger partial charge >= 0.3 is 0 Å². The maximum Gasteiger partial charge on any atom is 0.229 e. The van der Waals surface area contributed by atoms with Gasteiger partial charge in [0.15, 0.2) is 0 Å². The van der Waals surface area contributed by atoms with Gasteiger partial charge in [-0.05, 0) is 43.9 Å². The molecule has 0 unspecified atom stereocenters. The summed E-state index contributed by atoms with van der Waals surface area (Å²) in [6, 6.07) is 1.78. The molecule has 2 aliphatic rings. The predicted octanol–water partition coefficient (Wildman–Crippen LogP) is 1.53. The molecule has 1 N–H and O–H groups in total. The molecule has 0 radical (unpaired) electrons. The number of carbonyl (C=O) groups is 2. The highest BCUT2D eigenvalue weighted by molar-refractivity contribution is 6.50. The Bertz CT molecular complexity index is 553. The first kappa shape index (κ1) is 9.58. The van der Waals surface area contributed by atoms with E-state index in [-0.39, 0.29) is 5.75 Å². The topological polar surface area (TPSA) is 54.4 Å². The number of ketones is 2. The van der Waals surface area contributed by atoms with Crippen molar-refractivity contribution in [3.63, 3.8) is 0 Å². The summed E-state index contributed by atoms with van der Waals surface area (Å²) in [4.78, 5) is 23.6. The van der Waals surface area contributed by atoms with E-state index in [2.05, 4.69) is 0 Å². The van der Waals surface area contributed by atoms with Gasteiger partial charge in [-0.25, -0.2) is 0 Å². The van der Waals surface area contributed by atoms with E-state index in [1.54, 1.807) is 19.9 Å². The molecule has 0 saturated carbocycles. The van der Waals surface area contributed by atoms with Gasteiger partial charge in [0, 0.05) is 11.1 Å². The standard InChI is InChI=1S/C13H12O3/c1-13(2)9-8(11(15)12(13)16)5-6-3-4-7(6)10(9)14/h5,14H,3-4H2,1-2H3. The number of aryl methyl sites for hydroxylation is 1. The Morgan fingerprint density at radius 2 is 1.94 bits per heavy atom. The summed E-state index contributed by atoms with van der Waals surface area (Å²) in [6.07, 6.45) is 1.73. The van der Waals surface area contributed by atoms with Gasteiger partial charge in [-0.15, -0.1) is 0 Å². The lowest BCUT2D eigenvalue weighted by atomic mass is 9.79. The number of Topliss-reactive ketones (excluding diaryl/α,β-unsaturated/α-hetero) is 2. The number of carbonyl (C=O) groups excluding carboxylic acids is 2. The van der Waals surface area contributed by atoms with Gasteiger partial charge in [0.05, 0.1) is 5.41 Å². The molecule has 3 heteroatoms. The number of aromatic hydroxyl groups is 1. The third-order valence-electron chi connectivity index (χ3n) is 3.79. The molecular weight excluding hydrogens is 204 g/mol. The Morgan fingerprint density at radius 3 is 2.50 bits per heavy atom. The van der Waals surface area contributed by atoms with Crippen LogP contribution in [-0.2, 0) is 23.1 Å². The van der Waals surface area contributed by atoms with Crippen molar-refractivity contribution in [1.29, 1.82) is 0 Å². The van der Waals surface area contributed by atoms with Gasteiger partial charge in [-0.3, -0.25) is 9.59 Å². The molecule has 0 fully saturated rings. The third-order valence-corrected chi connectivity index (χ3v) is 3.79. The summed E-state index contributed by atoms with van der Waals surface area (Å²) in [5, 5.41) is 10.1. The van der Waals surface area contributed by atoms with Crippen LogP contribution >= 0.6 is 0 Å². The van der Waals surface area contributed by atoms with Gasteiger partial charge in [0.2, 0.25) is 11.6 Å². The van der Waals surface area contributed by atoms with E-state index in [9.17, 15) is 14.7 Å². The van der Waals surface area contributed by atoms with Crippen LogP contribution in [0.3, 0.4) is 0 Å². The second-order valence-corrected chi connectivity index (χ2v) is 5.07. The highest BCUT2D eigenvalue weighted by Gasteiger charge is 2.48. The average molecular weight is 216 g/mol. The Morgan fingerprint density at radius 1 is 1.25 bits per heavy atom. The molecular formula is C13H12O3. The van der Waals surface area contributed by atoms with E-state index < -0.39 is 17.0 Å². The molecule has 0 bridgehead atoms. The predicted molar refractivity (Wildman–Crippen MR) is 57.9 cm³/mol. The minimum Gasteiger partial charge on any atom is -0.507 e. The zero-order chi connectivity index (χ0) is 11.7. The molecule has 1 aromatic carbocycles. The smallest absolute Gasteiger partial charge is 0.229 e. The summed E-state index contributed by atoms with van der Waals surface area (Å²) in [7, 11) is 0. The van der Waals surface area contributed by atoms with Crippen LogP contribution in [-0.4, -0.2) is 16.7 Å². The lowest BCUT2D eigenvalue weighted by molar-refractivity contribution is -0.118. The van der Waals surface area contributed by atoms with E-state index >= 15 is 0 Å². The largest absolute Gasteiger partial charge is 0.507 e. The molecule has 0 heterocycles. The Labute approximate surface area is 93.1 Å². The van der Waals surface area contributed by atoms with Crippen LogP contribution in [0.25, 0.3) is 0 Å². The van der Waals surface area contributed by atoms with Crippen molar-refractivity contribution in [3.05, 3.63) is 28.3 Å². The van der Waals surface area contributed by atoms with E-state index in [1.165, 1.54) is 0 Å². The Balaban J connectivity index is 2.39. The zero-order valence-corrected chi connectivity index (χ0v) is 9.26. The third kappa shape index (κ3) is 0.848. The van der Waals surface area contributed by atoms with Crippen LogP contribution in [0.4, 0.5) is 0 Å². The van der Waals surface area contributed by atoms with Gasteiger partial charge in [0.25, 0.3) is 0 Å². The van der Waals surface area contributed by atoms with Crippen LogP contribution < -0.4 is 0 Å². The first-order chi connectivity index (χ1) is 7.44. The summed E-state index contributed by atoms with van der Waals surface area (Å²) < 4.78 is 0. The first-order valence-electron chi connectivity index (χ1n) is 5.42. The van der Waals surface area contributed by atoms with Crippen molar-refractivity contribution in [3.8, 4) is 5.75 Å². The highest BCUT2D eigenvalue weighted by Crippen LogP contribution is 2.46. The summed E-state index contributed by atoms with van der Waals surface area (Å²) in [5.41, 5.74) is 1.98. The summed E-state index contributed by atoms with van der Waals surface area (Å²) >= 11 is 0. The van der Waals surface area contributed by atoms with Gasteiger partial charge < -0.3 is 5.11 Å². The fraction of sp³-hybridized carbons (Fsp3) is 0.385. The molecule has 2 aliphatic carbocycles. The van der Waals surface area contributed by atoms with Crippen molar-refractivity contribution in [1.82, 2.24) is 0 Å². The minimum atomic E-state index is -0.874. The number of phenols is 1. The number of phenolic OH excluding ortho intramolecular Hbond substituents is 1. The lowest BCUT2D eigenvalue weighted by Gasteiger charge is -2.25. The van der Waals surface area contributed by atoms with Crippen LogP contribution in [0, 0.1) is 0 Å². The first-order valence-corrected chi connectivity index (χ1v) is 5.42. The lowest BCUT2D eigenvalue weighted by Crippen LogP contribution is -2.27. The summed E-state index contributed by atoms with van der Waals surface area (Å²) in [5.74, 6) is -0.698. The van der Waals surface area contributed by atoms with Crippen molar-refractivity contribution in [2.24, 2.45) is 0 Å². The van der Waals surface area contributed by atoms with Crippen molar-refractivity contribution >= 4 is 11.6 Å².